The molecule has 2 fully saturated rings. The van der Waals surface area contributed by atoms with Crippen LogP contribution in [0, 0.1) is 11.8 Å². The molecule has 1 saturated carbocycles. The summed E-state index contributed by atoms with van der Waals surface area (Å²) in [6.07, 6.45) is -0.0907. The Bertz CT molecular complexity index is 549. The molecule has 1 aliphatic heterocycles. The summed E-state index contributed by atoms with van der Waals surface area (Å²) in [4.78, 5) is 15.3. The molecule has 0 unspecified atom stereocenters. The molecule has 0 aromatic heterocycles. The Labute approximate surface area is 140 Å². The zero-order valence-electron chi connectivity index (χ0n) is 13.2. The van der Waals surface area contributed by atoms with Crippen LogP contribution in [0.5, 0.6) is 5.75 Å². The largest absolute Gasteiger partial charge is 0.497 e. The van der Waals surface area contributed by atoms with Crippen LogP contribution in [0.2, 0.25) is 0 Å². The highest BCUT2D eigenvalue weighted by Gasteiger charge is 2.42. The number of rotatable bonds is 4. The second kappa shape index (κ2) is 7.11. The van der Waals surface area contributed by atoms with Crippen molar-refractivity contribution in [3.05, 3.63) is 24.3 Å². The minimum Gasteiger partial charge on any atom is -0.497 e. The number of carbonyl (C=O) groups excluding carboxylic acids is 1. The monoisotopic (exact) mass is 337 g/mol. The summed E-state index contributed by atoms with van der Waals surface area (Å²) in [5.74, 6) is 1.95. The number of hydrogen-bond acceptors (Lipinski definition) is 5. The summed E-state index contributed by atoms with van der Waals surface area (Å²) >= 11 is 1.51. The molecule has 0 spiro atoms. The summed E-state index contributed by atoms with van der Waals surface area (Å²) in [6, 6.07) is 7.69. The van der Waals surface area contributed by atoms with Crippen molar-refractivity contribution in [2.24, 2.45) is 11.8 Å². The van der Waals surface area contributed by atoms with Crippen LogP contribution in [0.3, 0.4) is 0 Å². The first-order chi connectivity index (χ1) is 11.1. The molecule has 1 heterocycles. The van der Waals surface area contributed by atoms with Crippen LogP contribution in [-0.4, -0.2) is 59.2 Å². The van der Waals surface area contributed by atoms with Crippen molar-refractivity contribution in [2.75, 3.05) is 26.0 Å². The van der Waals surface area contributed by atoms with Crippen LogP contribution in [-0.2, 0) is 4.79 Å². The lowest BCUT2D eigenvalue weighted by atomic mass is 9.79. The van der Waals surface area contributed by atoms with Gasteiger partial charge < -0.3 is 19.8 Å². The van der Waals surface area contributed by atoms with E-state index in [9.17, 15) is 15.0 Å². The first kappa shape index (κ1) is 16.6. The Hall–Kier alpha value is -1.24. The van der Waals surface area contributed by atoms with Crippen molar-refractivity contribution < 1.29 is 19.7 Å². The van der Waals surface area contributed by atoms with Gasteiger partial charge >= 0.3 is 0 Å². The van der Waals surface area contributed by atoms with Gasteiger partial charge in [-0.2, -0.15) is 0 Å². The molecule has 23 heavy (non-hydrogen) atoms. The number of benzene rings is 1. The predicted molar refractivity (Wildman–Crippen MR) is 88.5 cm³/mol. The quantitative estimate of drug-likeness (QED) is 0.812. The SMILES string of the molecule is COc1cccc(SCC(=O)N2C[C@H]3C[C@H](O)[C@@H](O)C[C@H]3C2)c1. The number of aliphatic hydroxyl groups excluding tert-OH is 2. The van der Waals surface area contributed by atoms with Crippen LogP contribution in [0.4, 0.5) is 0 Å². The molecule has 1 aliphatic carbocycles. The van der Waals surface area contributed by atoms with E-state index in [4.69, 9.17) is 4.74 Å². The fraction of sp³-hybridized carbons (Fsp3) is 0.588. The second-order valence-corrected chi connectivity index (χ2v) is 7.44. The zero-order chi connectivity index (χ0) is 16.4. The third-order valence-corrected chi connectivity index (χ3v) is 5.84. The van der Waals surface area contributed by atoms with E-state index in [1.807, 2.05) is 29.2 Å². The minimum atomic E-state index is -0.641. The molecule has 2 N–H and O–H groups in total. The Morgan fingerprint density at radius 3 is 2.52 bits per heavy atom. The molecule has 126 valence electrons. The van der Waals surface area contributed by atoms with Crippen molar-refractivity contribution in [1.82, 2.24) is 4.90 Å². The maximum atomic E-state index is 12.4. The number of amides is 1. The molecule has 6 heteroatoms. The third-order valence-electron chi connectivity index (χ3n) is 4.87. The highest BCUT2D eigenvalue weighted by molar-refractivity contribution is 8.00. The Balaban J connectivity index is 1.53. The van der Waals surface area contributed by atoms with Gasteiger partial charge in [-0.15, -0.1) is 11.8 Å². The van der Waals surface area contributed by atoms with Crippen molar-refractivity contribution in [1.29, 1.82) is 0 Å². The molecule has 1 aromatic carbocycles. The normalized spacial score (nSPS) is 30.1. The van der Waals surface area contributed by atoms with Crippen molar-refractivity contribution >= 4 is 17.7 Å². The number of carbonyl (C=O) groups is 1. The predicted octanol–water partition coefficient (Wildman–Crippen LogP) is 1.38. The Morgan fingerprint density at radius 1 is 1.26 bits per heavy atom. The first-order valence-corrected chi connectivity index (χ1v) is 8.96. The molecular formula is C17H23NO4S. The lowest BCUT2D eigenvalue weighted by Gasteiger charge is -2.31. The van der Waals surface area contributed by atoms with Gasteiger partial charge in [0.25, 0.3) is 0 Å². The first-order valence-electron chi connectivity index (χ1n) is 7.97. The third kappa shape index (κ3) is 3.82. The maximum absolute atomic E-state index is 12.4. The Morgan fingerprint density at radius 2 is 1.91 bits per heavy atom. The van der Waals surface area contributed by atoms with Crippen LogP contribution in [0.25, 0.3) is 0 Å². The van der Waals surface area contributed by atoms with E-state index < -0.39 is 12.2 Å². The Kier molecular flexibility index (Phi) is 5.14. The fourth-order valence-electron chi connectivity index (χ4n) is 3.54. The van der Waals surface area contributed by atoms with Gasteiger partial charge in [-0.1, -0.05) is 6.07 Å². The van der Waals surface area contributed by atoms with Crippen LogP contribution >= 0.6 is 11.8 Å². The molecule has 4 atom stereocenters. The molecule has 1 aromatic rings. The molecule has 1 amide bonds. The number of nitrogens with zero attached hydrogens (tertiary/aromatic N) is 1. The topological polar surface area (TPSA) is 70.0 Å². The van der Waals surface area contributed by atoms with Gasteiger partial charge in [0.2, 0.25) is 5.91 Å². The van der Waals surface area contributed by atoms with Gasteiger partial charge in [0.1, 0.15) is 5.75 Å². The molecule has 2 aliphatic rings. The maximum Gasteiger partial charge on any atom is 0.232 e. The van der Waals surface area contributed by atoms with Gasteiger partial charge in [0.15, 0.2) is 0 Å². The number of aliphatic hydroxyl groups is 2. The highest BCUT2D eigenvalue weighted by atomic mass is 32.2. The molecule has 1 saturated heterocycles. The van der Waals surface area contributed by atoms with Crippen LogP contribution in [0.1, 0.15) is 12.8 Å². The summed E-state index contributed by atoms with van der Waals surface area (Å²) in [6.45, 7) is 1.40. The second-order valence-electron chi connectivity index (χ2n) is 6.39. The fourth-order valence-corrected chi connectivity index (χ4v) is 4.39. The van der Waals surface area contributed by atoms with Crippen LogP contribution in [0.15, 0.2) is 29.2 Å². The van der Waals surface area contributed by atoms with Crippen molar-refractivity contribution in [3.63, 3.8) is 0 Å². The molecular weight excluding hydrogens is 314 g/mol. The van der Waals surface area contributed by atoms with E-state index in [2.05, 4.69) is 0 Å². The molecule has 0 radical (unpaired) electrons. The number of hydrogen-bond donors (Lipinski definition) is 2. The summed E-state index contributed by atoms with van der Waals surface area (Å²) in [5, 5.41) is 19.6. The highest BCUT2D eigenvalue weighted by Crippen LogP contribution is 2.37. The average Bonchev–Trinajstić information content (AvgIpc) is 2.96. The average molecular weight is 337 g/mol. The van der Waals surface area contributed by atoms with E-state index in [1.165, 1.54) is 11.8 Å². The van der Waals surface area contributed by atoms with Crippen molar-refractivity contribution in [3.8, 4) is 5.75 Å². The van der Waals surface area contributed by atoms with Gasteiger partial charge in [0, 0.05) is 18.0 Å². The lowest BCUT2D eigenvalue weighted by Crippen LogP contribution is -2.38. The molecule has 0 bridgehead atoms. The summed E-state index contributed by atoms with van der Waals surface area (Å²) in [7, 11) is 1.63. The minimum absolute atomic E-state index is 0.121. The summed E-state index contributed by atoms with van der Waals surface area (Å²) in [5.41, 5.74) is 0. The van der Waals surface area contributed by atoms with Crippen molar-refractivity contribution in [2.45, 2.75) is 29.9 Å². The molecule has 3 rings (SSSR count). The smallest absolute Gasteiger partial charge is 0.232 e. The van der Waals surface area contributed by atoms with Gasteiger partial charge in [-0.05, 0) is 42.9 Å². The zero-order valence-corrected chi connectivity index (χ0v) is 14.0. The summed E-state index contributed by atoms with van der Waals surface area (Å²) < 4.78 is 5.19. The van der Waals surface area contributed by atoms with Gasteiger partial charge in [0.05, 0.1) is 25.1 Å². The van der Waals surface area contributed by atoms with E-state index in [-0.39, 0.29) is 5.91 Å². The van der Waals surface area contributed by atoms with E-state index >= 15 is 0 Å². The number of fused-ring (bicyclic) bond motifs is 1. The van der Waals surface area contributed by atoms with Gasteiger partial charge in [-0.3, -0.25) is 4.79 Å². The number of likely N-dealkylation sites (tertiary alicyclic amines) is 1. The van der Waals surface area contributed by atoms with E-state index in [0.717, 1.165) is 10.6 Å². The van der Waals surface area contributed by atoms with E-state index in [0.29, 0.717) is 43.5 Å². The number of thioether (sulfide) groups is 1. The van der Waals surface area contributed by atoms with Gasteiger partial charge in [-0.25, -0.2) is 0 Å². The number of methoxy groups -OCH3 is 1. The lowest BCUT2D eigenvalue weighted by molar-refractivity contribution is -0.127. The number of ether oxygens (including phenoxy) is 1. The molecule has 5 nitrogen and oxygen atoms in total. The van der Waals surface area contributed by atoms with Crippen LogP contribution < -0.4 is 4.74 Å². The van der Waals surface area contributed by atoms with E-state index in [1.54, 1.807) is 7.11 Å². The standard InChI is InChI=1S/C17H23NO4S/c1-22-13-3-2-4-14(7-13)23-10-17(21)18-8-11-5-15(19)16(20)6-12(11)9-18/h2-4,7,11-12,15-16,19-20H,5-6,8-10H2,1H3/t11-,12+,15-,16-/m0/s1.